The second-order valence-corrected chi connectivity index (χ2v) is 3.07. The molecule has 0 heterocycles. The zero-order valence-electron chi connectivity index (χ0n) is 8.45. The van der Waals surface area contributed by atoms with Gasteiger partial charge in [-0.3, -0.25) is 4.79 Å². The lowest BCUT2D eigenvalue weighted by Gasteiger charge is -2.07. The second kappa shape index (κ2) is 4.56. The Morgan fingerprint density at radius 2 is 2.27 bits per heavy atom. The molecule has 0 aliphatic carbocycles. The lowest BCUT2D eigenvalue weighted by molar-refractivity contribution is -0.117. The first-order chi connectivity index (χ1) is 7.10. The van der Waals surface area contributed by atoms with Crippen LogP contribution in [-0.4, -0.2) is 12.9 Å². The number of halogens is 1. The smallest absolute Gasteiger partial charge is 0.165 e. The lowest BCUT2D eigenvalue weighted by atomic mass is 9.97. The van der Waals surface area contributed by atoms with E-state index in [-0.39, 0.29) is 11.5 Å². The molecule has 4 heteroatoms. The highest BCUT2D eigenvalue weighted by Crippen LogP contribution is 2.23. The minimum absolute atomic E-state index is 0.0963. The molecule has 0 radical (unpaired) electrons. The van der Waals surface area contributed by atoms with Crippen LogP contribution in [0.15, 0.2) is 18.2 Å². The van der Waals surface area contributed by atoms with Crippen molar-refractivity contribution in [1.82, 2.24) is 0 Å². The molecule has 0 spiro atoms. The Labute approximate surface area is 87.1 Å². The van der Waals surface area contributed by atoms with E-state index in [1.54, 1.807) is 0 Å². The van der Waals surface area contributed by atoms with Gasteiger partial charge in [-0.1, -0.05) is 6.07 Å². The van der Waals surface area contributed by atoms with Crippen LogP contribution in [0.3, 0.4) is 0 Å². The van der Waals surface area contributed by atoms with Crippen LogP contribution in [0.25, 0.3) is 0 Å². The molecular formula is C11H10FNO2. The number of hydrogen-bond acceptors (Lipinski definition) is 3. The number of nitriles is 1. The standard InChI is InChI=1S/C11H10FNO2/c1-7(14)9(6-13)8-3-4-11(15-2)10(12)5-8/h3-5,9H,1-2H3. The molecule has 15 heavy (non-hydrogen) atoms. The highest BCUT2D eigenvalue weighted by atomic mass is 19.1. The molecular weight excluding hydrogens is 197 g/mol. The van der Waals surface area contributed by atoms with Gasteiger partial charge >= 0.3 is 0 Å². The third-order valence-corrected chi connectivity index (χ3v) is 2.04. The number of rotatable bonds is 3. The molecule has 0 fully saturated rings. The van der Waals surface area contributed by atoms with Gasteiger partial charge in [-0.05, 0) is 24.6 Å². The number of ether oxygens (including phenoxy) is 1. The number of methoxy groups -OCH3 is 1. The fourth-order valence-electron chi connectivity index (χ4n) is 1.26. The molecule has 0 saturated carbocycles. The molecule has 0 aromatic heterocycles. The van der Waals surface area contributed by atoms with Crippen LogP contribution in [0.5, 0.6) is 5.75 Å². The number of carbonyl (C=O) groups excluding carboxylic acids is 1. The van der Waals surface area contributed by atoms with Crippen molar-refractivity contribution in [3.8, 4) is 11.8 Å². The summed E-state index contributed by atoms with van der Waals surface area (Å²) >= 11 is 0. The van der Waals surface area contributed by atoms with Crippen LogP contribution in [0.2, 0.25) is 0 Å². The predicted molar refractivity (Wildman–Crippen MR) is 52.0 cm³/mol. The van der Waals surface area contributed by atoms with Crippen molar-refractivity contribution >= 4 is 5.78 Å². The predicted octanol–water partition coefficient (Wildman–Crippen LogP) is 2.03. The normalized spacial score (nSPS) is 11.6. The van der Waals surface area contributed by atoms with Crippen molar-refractivity contribution in [2.45, 2.75) is 12.8 Å². The molecule has 0 bridgehead atoms. The molecule has 0 amide bonds. The average molecular weight is 207 g/mol. The molecule has 0 aliphatic heterocycles. The van der Waals surface area contributed by atoms with Gasteiger partial charge < -0.3 is 4.74 Å². The monoisotopic (exact) mass is 207 g/mol. The topological polar surface area (TPSA) is 50.1 Å². The van der Waals surface area contributed by atoms with Gasteiger partial charge in [0.05, 0.1) is 13.2 Å². The Kier molecular flexibility index (Phi) is 3.40. The van der Waals surface area contributed by atoms with Crippen LogP contribution in [0.4, 0.5) is 4.39 Å². The van der Waals surface area contributed by atoms with Gasteiger partial charge in [0.1, 0.15) is 5.92 Å². The zero-order chi connectivity index (χ0) is 11.4. The fraction of sp³-hybridized carbons (Fsp3) is 0.273. The van der Waals surface area contributed by atoms with E-state index in [0.717, 1.165) is 6.07 Å². The number of benzene rings is 1. The molecule has 3 nitrogen and oxygen atoms in total. The molecule has 1 rings (SSSR count). The highest BCUT2D eigenvalue weighted by molar-refractivity contribution is 5.86. The summed E-state index contributed by atoms with van der Waals surface area (Å²) < 4.78 is 18.0. The summed E-state index contributed by atoms with van der Waals surface area (Å²) in [7, 11) is 1.35. The quantitative estimate of drug-likeness (QED) is 0.761. The summed E-state index contributed by atoms with van der Waals surface area (Å²) in [4.78, 5) is 11.1. The molecule has 1 unspecified atom stereocenters. The summed E-state index contributed by atoms with van der Waals surface area (Å²) in [6.07, 6.45) is 0. The lowest BCUT2D eigenvalue weighted by Crippen LogP contribution is -2.06. The summed E-state index contributed by atoms with van der Waals surface area (Å²) in [5.41, 5.74) is 0.350. The molecule has 1 atom stereocenters. The molecule has 78 valence electrons. The van der Waals surface area contributed by atoms with Crippen LogP contribution >= 0.6 is 0 Å². The van der Waals surface area contributed by atoms with Crippen molar-refractivity contribution in [2.75, 3.05) is 7.11 Å². The van der Waals surface area contributed by atoms with E-state index in [0.29, 0.717) is 5.56 Å². The van der Waals surface area contributed by atoms with Gasteiger partial charge in [0.2, 0.25) is 0 Å². The maximum Gasteiger partial charge on any atom is 0.165 e. The average Bonchev–Trinajstić information content (AvgIpc) is 2.18. The highest BCUT2D eigenvalue weighted by Gasteiger charge is 2.17. The minimum Gasteiger partial charge on any atom is -0.494 e. The first kappa shape index (κ1) is 11.2. The third kappa shape index (κ3) is 2.32. The van der Waals surface area contributed by atoms with Gasteiger partial charge in [0, 0.05) is 0 Å². The van der Waals surface area contributed by atoms with E-state index < -0.39 is 11.7 Å². The Morgan fingerprint density at radius 3 is 2.67 bits per heavy atom. The van der Waals surface area contributed by atoms with E-state index in [4.69, 9.17) is 10.00 Å². The van der Waals surface area contributed by atoms with Crippen molar-refractivity contribution in [3.05, 3.63) is 29.6 Å². The van der Waals surface area contributed by atoms with Crippen LogP contribution in [-0.2, 0) is 4.79 Å². The molecule has 0 saturated heterocycles. The van der Waals surface area contributed by atoms with Crippen LogP contribution in [0, 0.1) is 17.1 Å². The van der Waals surface area contributed by atoms with E-state index in [1.807, 2.05) is 6.07 Å². The molecule has 1 aromatic rings. The van der Waals surface area contributed by atoms with Crippen LogP contribution in [0.1, 0.15) is 18.4 Å². The summed E-state index contributed by atoms with van der Waals surface area (Å²) in [6, 6.07) is 5.88. The Morgan fingerprint density at radius 1 is 1.60 bits per heavy atom. The molecule has 1 aromatic carbocycles. The van der Waals surface area contributed by atoms with Crippen molar-refractivity contribution in [1.29, 1.82) is 5.26 Å². The maximum atomic E-state index is 13.3. The van der Waals surface area contributed by atoms with E-state index in [2.05, 4.69) is 0 Å². The molecule has 0 N–H and O–H groups in total. The zero-order valence-corrected chi connectivity index (χ0v) is 8.45. The Hall–Kier alpha value is -1.89. The van der Waals surface area contributed by atoms with E-state index >= 15 is 0 Å². The maximum absolute atomic E-state index is 13.3. The van der Waals surface area contributed by atoms with Gasteiger partial charge in [-0.2, -0.15) is 5.26 Å². The van der Waals surface area contributed by atoms with E-state index in [9.17, 15) is 9.18 Å². The van der Waals surface area contributed by atoms with Crippen LogP contribution < -0.4 is 4.74 Å². The number of ketones is 1. The Balaban J connectivity index is 3.12. The van der Waals surface area contributed by atoms with Crippen molar-refractivity contribution in [3.63, 3.8) is 0 Å². The van der Waals surface area contributed by atoms with Gasteiger partial charge in [0.15, 0.2) is 17.3 Å². The Bertz CT molecular complexity index is 423. The first-order valence-corrected chi connectivity index (χ1v) is 4.33. The summed E-state index contributed by atoms with van der Waals surface area (Å²) in [5, 5.41) is 8.74. The SMILES string of the molecule is COc1ccc(C(C#N)C(C)=O)cc1F. The van der Waals surface area contributed by atoms with Gasteiger partial charge in [-0.15, -0.1) is 0 Å². The first-order valence-electron chi connectivity index (χ1n) is 4.33. The van der Waals surface area contributed by atoms with Crippen molar-refractivity contribution < 1.29 is 13.9 Å². The van der Waals surface area contributed by atoms with E-state index in [1.165, 1.54) is 26.2 Å². The number of hydrogen-bond donors (Lipinski definition) is 0. The van der Waals surface area contributed by atoms with Gasteiger partial charge in [-0.25, -0.2) is 4.39 Å². The number of carbonyl (C=O) groups is 1. The third-order valence-electron chi connectivity index (χ3n) is 2.04. The van der Waals surface area contributed by atoms with Crippen molar-refractivity contribution in [2.24, 2.45) is 0 Å². The molecule has 0 aliphatic rings. The number of Topliss-reactive ketones (excluding diaryl/α,β-unsaturated/α-hetero) is 1. The summed E-state index contributed by atoms with van der Waals surface area (Å²) in [6.45, 7) is 1.30. The summed E-state index contributed by atoms with van der Waals surface area (Å²) in [5.74, 6) is -1.69. The minimum atomic E-state index is -0.912. The fourth-order valence-corrected chi connectivity index (χ4v) is 1.26. The second-order valence-electron chi connectivity index (χ2n) is 3.07. The largest absolute Gasteiger partial charge is 0.494 e. The number of nitrogens with zero attached hydrogens (tertiary/aromatic N) is 1. The van der Waals surface area contributed by atoms with Gasteiger partial charge in [0.25, 0.3) is 0 Å².